The van der Waals surface area contributed by atoms with Gasteiger partial charge in [0.15, 0.2) is 0 Å². The van der Waals surface area contributed by atoms with Crippen molar-refractivity contribution in [2.24, 2.45) is 0 Å². The van der Waals surface area contributed by atoms with E-state index in [1.54, 1.807) is 18.2 Å². The average molecular weight is 259 g/mol. The summed E-state index contributed by atoms with van der Waals surface area (Å²) in [5, 5.41) is 8.55. The predicted molar refractivity (Wildman–Crippen MR) is 70.4 cm³/mol. The van der Waals surface area contributed by atoms with Crippen molar-refractivity contribution < 1.29 is 9.53 Å². The number of amides is 1. The van der Waals surface area contributed by atoms with Crippen LogP contribution in [0, 0.1) is 0 Å². The maximum Gasteiger partial charge on any atom is 0.276 e. The molecule has 0 fully saturated rings. The molecule has 2 aromatic rings. The Morgan fingerprint density at radius 1 is 1.32 bits per heavy atom. The zero-order valence-electron chi connectivity index (χ0n) is 10.3. The minimum atomic E-state index is -0.414. The van der Waals surface area contributed by atoms with Crippen LogP contribution >= 0.6 is 0 Å². The van der Waals surface area contributed by atoms with Crippen LogP contribution in [0.5, 0.6) is 5.75 Å². The number of carbonyl (C=O) groups is 1. The first-order valence-electron chi connectivity index (χ1n) is 5.79. The fourth-order valence-electron chi connectivity index (χ4n) is 1.51. The molecule has 0 bridgehead atoms. The van der Waals surface area contributed by atoms with Gasteiger partial charge in [0.05, 0.1) is 12.3 Å². The molecular formula is C13H13N3O3. The highest BCUT2D eigenvalue weighted by atomic mass is 16.5. The topological polar surface area (TPSA) is 84.1 Å². The molecule has 19 heavy (non-hydrogen) atoms. The summed E-state index contributed by atoms with van der Waals surface area (Å²) in [6, 6.07) is 9.71. The van der Waals surface area contributed by atoms with Crippen LogP contribution in [-0.4, -0.2) is 22.7 Å². The summed E-state index contributed by atoms with van der Waals surface area (Å²) in [5.41, 5.74) is 0.333. The van der Waals surface area contributed by atoms with E-state index in [4.69, 9.17) is 4.74 Å². The number of ether oxygens (including phenoxy) is 1. The molecule has 2 N–H and O–H groups in total. The number of rotatable bonds is 4. The Kier molecular flexibility index (Phi) is 3.92. The van der Waals surface area contributed by atoms with Crippen molar-refractivity contribution in [3.8, 4) is 5.75 Å². The SMILES string of the molecule is CCOc1ccccc1NC(=O)c1ccc(=O)[nH]n1. The van der Waals surface area contributed by atoms with Crippen LogP contribution < -0.4 is 15.6 Å². The van der Waals surface area contributed by atoms with Gasteiger partial charge in [0, 0.05) is 6.07 Å². The van der Waals surface area contributed by atoms with Crippen LogP contribution in [0.2, 0.25) is 0 Å². The molecule has 0 atom stereocenters. The van der Waals surface area contributed by atoms with E-state index >= 15 is 0 Å². The van der Waals surface area contributed by atoms with Gasteiger partial charge < -0.3 is 10.1 Å². The average Bonchev–Trinajstić information content (AvgIpc) is 2.42. The van der Waals surface area contributed by atoms with Crippen LogP contribution in [0.1, 0.15) is 17.4 Å². The summed E-state index contributed by atoms with van der Waals surface area (Å²) in [7, 11) is 0. The number of carbonyl (C=O) groups excluding carboxylic acids is 1. The van der Waals surface area contributed by atoms with E-state index in [9.17, 15) is 9.59 Å². The van der Waals surface area contributed by atoms with E-state index in [1.165, 1.54) is 12.1 Å². The standard InChI is InChI=1S/C13H13N3O3/c1-2-19-11-6-4-3-5-9(11)14-13(18)10-7-8-12(17)16-15-10/h3-8H,2H2,1H3,(H,14,18)(H,16,17). The lowest BCUT2D eigenvalue weighted by Crippen LogP contribution is -2.17. The number of anilines is 1. The number of H-pyrrole nitrogens is 1. The molecule has 0 saturated carbocycles. The molecule has 0 unspecified atom stereocenters. The molecule has 0 aliphatic heterocycles. The number of para-hydroxylation sites is 2. The molecule has 1 heterocycles. The van der Waals surface area contributed by atoms with Crippen molar-refractivity contribution in [2.75, 3.05) is 11.9 Å². The van der Waals surface area contributed by atoms with Crippen LogP contribution in [-0.2, 0) is 0 Å². The molecule has 6 nitrogen and oxygen atoms in total. The molecule has 0 radical (unpaired) electrons. The highest BCUT2D eigenvalue weighted by molar-refractivity contribution is 6.03. The summed E-state index contributed by atoms with van der Waals surface area (Å²) < 4.78 is 5.40. The first kappa shape index (κ1) is 12.8. The lowest BCUT2D eigenvalue weighted by molar-refractivity contribution is 0.102. The van der Waals surface area contributed by atoms with Gasteiger partial charge >= 0.3 is 0 Å². The van der Waals surface area contributed by atoms with Gasteiger partial charge in [-0.05, 0) is 25.1 Å². The minimum absolute atomic E-state index is 0.130. The van der Waals surface area contributed by atoms with Crippen molar-refractivity contribution in [3.63, 3.8) is 0 Å². The van der Waals surface area contributed by atoms with E-state index in [0.717, 1.165) is 0 Å². The van der Waals surface area contributed by atoms with Crippen LogP contribution in [0.3, 0.4) is 0 Å². The van der Waals surface area contributed by atoms with Gasteiger partial charge in [0.25, 0.3) is 11.5 Å². The third-order valence-electron chi connectivity index (χ3n) is 2.35. The third-order valence-corrected chi connectivity index (χ3v) is 2.35. The third kappa shape index (κ3) is 3.19. The zero-order chi connectivity index (χ0) is 13.7. The van der Waals surface area contributed by atoms with Gasteiger partial charge in [0.2, 0.25) is 0 Å². The fraction of sp³-hybridized carbons (Fsp3) is 0.154. The largest absolute Gasteiger partial charge is 0.492 e. The number of hydrogen-bond donors (Lipinski definition) is 2. The van der Waals surface area contributed by atoms with Crippen molar-refractivity contribution in [1.29, 1.82) is 0 Å². The van der Waals surface area contributed by atoms with Gasteiger partial charge in [-0.2, -0.15) is 5.10 Å². The number of nitrogens with zero attached hydrogens (tertiary/aromatic N) is 1. The van der Waals surface area contributed by atoms with Gasteiger partial charge in [-0.25, -0.2) is 5.10 Å². The first-order valence-corrected chi connectivity index (χ1v) is 5.79. The van der Waals surface area contributed by atoms with Crippen LogP contribution in [0.4, 0.5) is 5.69 Å². The van der Waals surface area contributed by atoms with Crippen molar-refractivity contribution in [2.45, 2.75) is 6.92 Å². The molecule has 0 aliphatic rings. The van der Waals surface area contributed by atoms with Gasteiger partial charge in [-0.15, -0.1) is 0 Å². The van der Waals surface area contributed by atoms with Gasteiger partial charge in [-0.1, -0.05) is 12.1 Å². The van der Waals surface area contributed by atoms with Gasteiger partial charge in [-0.3, -0.25) is 9.59 Å². The Bertz CT molecular complexity index is 617. The van der Waals surface area contributed by atoms with Crippen molar-refractivity contribution >= 4 is 11.6 Å². The maximum atomic E-state index is 11.9. The molecule has 0 aliphatic carbocycles. The zero-order valence-corrected chi connectivity index (χ0v) is 10.3. The Morgan fingerprint density at radius 3 is 2.79 bits per heavy atom. The number of benzene rings is 1. The normalized spacial score (nSPS) is 9.95. The Labute approximate surface area is 109 Å². The predicted octanol–water partition coefficient (Wildman–Crippen LogP) is 1.42. The summed E-state index contributed by atoms with van der Waals surface area (Å²) >= 11 is 0. The van der Waals surface area contributed by atoms with E-state index in [1.807, 2.05) is 13.0 Å². The molecule has 0 saturated heterocycles. The molecule has 2 rings (SSSR count). The minimum Gasteiger partial charge on any atom is -0.492 e. The maximum absolute atomic E-state index is 11.9. The van der Waals surface area contributed by atoms with Crippen LogP contribution in [0.25, 0.3) is 0 Å². The molecule has 0 spiro atoms. The Hall–Kier alpha value is -2.63. The quantitative estimate of drug-likeness (QED) is 0.869. The summed E-state index contributed by atoms with van der Waals surface area (Å²) in [6.45, 7) is 2.37. The summed E-state index contributed by atoms with van der Waals surface area (Å²) in [6.07, 6.45) is 0. The smallest absolute Gasteiger partial charge is 0.276 e. The molecule has 1 aromatic heterocycles. The number of hydrogen-bond acceptors (Lipinski definition) is 4. The van der Waals surface area contributed by atoms with E-state index in [0.29, 0.717) is 18.0 Å². The number of aromatic nitrogens is 2. The van der Waals surface area contributed by atoms with Crippen molar-refractivity contribution in [1.82, 2.24) is 10.2 Å². The monoisotopic (exact) mass is 259 g/mol. The fourth-order valence-corrected chi connectivity index (χ4v) is 1.51. The molecule has 98 valence electrons. The molecule has 1 aromatic carbocycles. The lowest BCUT2D eigenvalue weighted by atomic mass is 10.2. The van der Waals surface area contributed by atoms with E-state index in [2.05, 4.69) is 15.5 Å². The second-order valence-corrected chi connectivity index (χ2v) is 3.69. The Balaban J connectivity index is 2.19. The second-order valence-electron chi connectivity index (χ2n) is 3.69. The molecular weight excluding hydrogens is 246 g/mol. The summed E-state index contributed by atoms with van der Waals surface area (Å²) in [4.78, 5) is 22.8. The highest BCUT2D eigenvalue weighted by Crippen LogP contribution is 2.23. The van der Waals surface area contributed by atoms with E-state index in [-0.39, 0.29) is 11.3 Å². The van der Waals surface area contributed by atoms with Gasteiger partial charge in [0.1, 0.15) is 11.4 Å². The lowest BCUT2D eigenvalue weighted by Gasteiger charge is -2.10. The van der Waals surface area contributed by atoms with Crippen LogP contribution in [0.15, 0.2) is 41.2 Å². The Morgan fingerprint density at radius 2 is 2.11 bits per heavy atom. The number of aromatic amines is 1. The van der Waals surface area contributed by atoms with E-state index < -0.39 is 5.91 Å². The molecule has 6 heteroatoms. The second kappa shape index (κ2) is 5.81. The molecule has 1 amide bonds. The van der Waals surface area contributed by atoms with Crippen molar-refractivity contribution in [3.05, 3.63) is 52.4 Å². The number of nitrogens with one attached hydrogen (secondary N) is 2. The summed E-state index contributed by atoms with van der Waals surface area (Å²) in [5.74, 6) is 0.172. The first-order chi connectivity index (χ1) is 9.20. The highest BCUT2D eigenvalue weighted by Gasteiger charge is 2.10.